The van der Waals surface area contributed by atoms with Crippen LogP contribution in [0.2, 0.25) is 0 Å². The van der Waals surface area contributed by atoms with E-state index in [-0.39, 0.29) is 17.5 Å². The molecule has 20 heavy (non-hydrogen) atoms. The number of hydrogen-bond donors (Lipinski definition) is 1. The van der Waals surface area contributed by atoms with E-state index in [0.717, 1.165) is 5.56 Å². The van der Waals surface area contributed by atoms with Crippen LogP contribution in [0.4, 0.5) is 4.39 Å². The fourth-order valence-electron chi connectivity index (χ4n) is 2.31. The fourth-order valence-corrected chi connectivity index (χ4v) is 3.91. The predicted molar refractivity (Wildman–Crippen MR) is 73.3 cm³/mol. The van der Waals surface area contributed by atoms with Gasteiger partial charge in [0.15, 0.2) is 0 Å². The number of benzene rings is 1. The van der Waals surface area contributed by atoms with Crippen molar-refractivity contribution in [2.75, 3.05) is 27.2 Å². The van der Waals surface area contributed by atoms with Gasteiger partial charge in [0.1, 0.15) is 10.7 Å². The second-order valence-electron chi connectivity index (χ2n) is 4.80. The number of hydrogen-bond acceptors (Lipinski definition) is 4. The van der Waals surface area contributed by atoms with E-state index < -0.39 is 15.8 Å². The third-order valence-corrected chi connectivity index (χ3v) is 5.32. The summed E-state index contributed by atoms with van der Waals surface area (Å²) in [6, 6.07) is 4.16. The van der Waals surface area contributed by atoms with Gasteiger partial charge in [-0.2, -0.15) is 4.31 Å². The number of nitrogens with zero attached hydrogens (tertiary/aromatic N) is 1. The highest BCUT2D eigenvalue weighted by Gasteiger charge is 2.34. The maximum atomic E-state index is 13.9. The Hall–Kier alpha value is -1.02. The molecule has 0 radical (unpaired) electrons. The highest BCUT2D eigenvalue weighted by atomic mass is 32.2. The minimum atomic E-state index is -3.80. The third kappa shape index (κ3) is 3.01. The first-order valence-electron chi connectivity index (χ1n) is 6.45. The highest BCUT2D eigenvalue weighted by molar-refractivity contribution is 7.89. The van der Waals surface area contributed by atoms with E-state index >= 15 is 0 Å². The van der Waals surface area contributed by atoms with Crippen molar-refractivity contribution in [2.45, 2.75) is 24.0 Å². The first-order valence-corrected chi connectivity index (χ1v) is 7.89. The molecule has 1 aliphatic heterocycles. The van der Waals surface area contributed by atoms with Gasteiger partial charge in [-0.05, 0) is 31.2 Å². The molecule has 0 saturated carbocycles. The molecular weight excluding hydrogens is 283 g/mol. The van der Waals surface area contributed by atoms with Gasteiger partial charge in [0.2, 0.25) is 10.0 Å². The van der Waals surface area contributed by atoms with Gasteiger partial charge >= 0.3 is 0 Å². The maximum absolute atomic E-state index is 13.9. The number of ether oxygens (including phenoxy) is 1. The molecule has 1 aromatic carbocycles. The van der Waals surface area contributed by atoms with Gasteiger partial charge < -0.3 is 10.1 Å². The molecule has 1 fully saturated rings. The van der Waals surface area contributed by atoms with Crippen molar-refractivity contribution in [1.82, 2.24) is 9.62 Å². The lowest BCUT2D eigenvalue weighted by molar-refractivity contribution is 0.115. The SMILES string of the molecule is CNCc1ccc(F)c(S(=O)(=O)N2CCC(OC)C2)c1. The first-order chi connectivity index (χ1) is 9.48. The smallest absolute Gasteiger partial charge is 0.246 e. The summed E-state index contributed by atoms with van der Waals surface area (Å²) in [5.41, 5.74) is 0.731. The van der Waals surface area contributed by atoms with E-state index in [1.165, 1.54) is 16.4 Å². The Morgan fingerprint density at radius 2 is 2.25 bits per heavy atom. The Morgan fingerprint density at radius 3 is 2.85 bits per heavy atom. The number of methoxy groups -OCH3 is 1. The van der Waals surface area contributed by atoms with Crippen LogP contribution in [0, 0.1) is 5.82 Å². The van der Waals surface area contributed by atoms with Crippen LogP contribution in [0.15, 0.2) is 23.1 Å². The van der Waals surface area contributed by atoms with Gasteiger partial charge in [-0.1, -0.05) is 6.07 Å². The van der Waals surface area contributed by atoms with Crippen LogP contribution < -0.4 is 5.32 Å². The molecule has 1 aliphatic rings. The van der Waals surface area contributed by atoms with E-state index in [9.17, 15) is 12.8 Å². The van der Waals surface area contributed by atoms with Crippen molar-refractivity contribution in [3.05, 3.63) is 29.6 Å². The summed E-state index contributed by atoms with van der Waals surface area (Å²) in [7, 11) is -0.501. The van der Waals surface area contributed by atoms with Gasteiger partial charge in [-0.15, -0.1) is 0 Å². The van der Waals surface area contributed by atoms with Crippen LogP contribution in [-0.4, -0.2) is 46.1 Å². The third-order valence-electron chi connectivity index (χ3n) is 3.44. The Morgan fingerprint density at radius 1 is 1.50 bits per heavy atom. The summed E-state index contributed by atoms with van der Waals surface area (Å²) in [5.74, 6) is -0.717. The van der Waals surface area contributed by atoms with Crippen LogP contribution in [0.5, 0.6) is 0 Å². The molecule has 1 aromatic rings. The molecule has 112 valence electrons. The maximum Gasteiger partial charge on any atom is 0.246 e. The lowest BCUT2D eigenvalue weighted by Crippen LogP contribution is -2.30. The average molecular weight is 302 g/mol. The number of sulfonamides is 1. The average Bonchev–Trinajstić information content (AvgIpc) is 2.90. The predicted octanol–water partition coefficient (Wildman–Crippen LogP) is 0.954. The summed E-state index contributed by atoms with van der Waals surface area (Å²) < 4.78 is 45.3. The minimum Gasteiger partial charge on any atom is -0.380 e. The summed E-state index contributed by atoms with van der Waals surface area (Å²) in [4.78, 5) is -0.262. The van der Waals surface area contributed by atoms with Crippen molar-refractivity contribution in [2.24, 2.45) is 0 Å². The molecule has 0 amide bonds. The zero-order valence-corrected chi connectivity index (χ0v) is 12.4. The van der Waals surface area contributed by atoms with Gasteiger partial charge in [0.05, 0.1) is 6.10 Å². The van der Waals surface area contributed by atoms with E-state index in [0.29, 0.717) is 19.5 Å². The van der Waals surface area contributed by atoms with Crippen molar-refractivity contribution < 1.29 is 17.5 Å². The first kappa shape index (κ1) is 15.4. The molecular formula is C13H19FN2O3S. The molecule has 1 heterocycles. The molecule has 2 rings (SSSR count). The fraction of sp³-hybridized carbons (Fsp3) is 0.538. The molecule has 0 aliphatic carbocycles. The monoisotopic (exact) mass is 302 g/mol. The topological polar surface area (TPSA) is 58.6 Å². The van der Waals surface area contributed by atoms with Crippen LogP contribution in [0.1, 0.15) is 12.0 Å². The molecule has 1 N–H and O–H groups in total. The Balaban J connectivity index is 2.32. The molecule has 7 heteroatoms. The van der Waals surface area contributed by atoms with Crippen LogP contribution in [0.3, 0.4) is 0 Å². The van der Waals surface area contributed by atoms with Crippen LogP contribution >= 0.6 is 0 Å². The van der Waals surface area contributed by atoms with Gasteiger partial charge in [-0.3, -0.25) is 0 Å². The molecule has 1 unspecified atom stereocenters. The van der Waals surface area contributed by atoms with Gasteiger partial charge in [0.25, 0.3) is 0 Å². The summed E-state index contributed by atoms with van der Waals surface area (Å²) in [6.45, 7) is 1.12. The molecule has 1 saturated heterocycles. The summed E-state index contributed by atoms with van der Waals surface area (Å²) >= 11 is 0. The zero-order valence-electron chi connectivity index (χ0n) is 11.6. The second kappa shape index (κ2) is 6.17. The van der Waals surface area contributed by atoms with E-state index in [1.54, 1.807) is 20.2 Å². The summed E-state index contributed by atoms with van der Waals surface area (Å²) in [5, 5.41) is 2.92. The molecule has 0 spiro atoms. The second-order valence-corrected chi connectivity index (χ2v) is 6.71. The van der Waals surface area contributed by atoms with Crippen molar-refractivity contribution >= 4 is 10.0 Å². The van der Waals surface area contributed by atoms with Crippen molar-refractivity contribution in [1.29, 1.82) is 0 Å². The van der Waals surface area contributed by atoms with E-state index in [1.807, 2.05) is 0 Å². The Bertz CT molecular complexity index is 577. The summed E-state index contributed by atoms with van der Waals surface area (Å²) in [6.07, 6.45) is 0.515. The lowest BCUT2D eigenvalue weighted by atomic mass is 10.2. The zero-order chi connectivity index (χ0) is 14.8. The minimum absolute atomic E-state index is 0.117. The van der Waals surface area contributed by atoms with Gasteiger partial charge in [-0.25, -0.2) is 12.8 Å². The Labute approximate surface area is 118 Å². The molecule has 0 aromatic heterocycles. The quantitative estimate of drug-likeness (QED) is 0.880. The normalized spacial score (nSPS) is 20.4. The van der Waals surface area contributed by atoms with E-state index in [2.05, 4.69) is 5.32 Å². The molecule has 1 atom stereocenters. The number of halogens is 1. The highest BCUT2D eigenvalue weighted by Crippen LogP contribution is 2.25. The van der Waals surface area contributed by atoms with Crippen molar-refractivity contribution in [3.63, 3.8) is 0 Å². The van der Waals surface area contributed by atoms with Crippen molar-refractivity contribution in [3.8, 4) is 0 Å². The van der Waals surface area contributed by atoms with Crippen LogP contribution in [0.25, 0.3) is 0 Å². The lowest BCUT2D eigenvalue weighted by Gasteiger charge is -2.17. The molecule has 5 nitrogen and oxygen atoms in total. The number of rotatable bonds is 5. The Kier molecular flexibility index (Phi) is 4.74. The largest absolute Gasteiger partial charge is 0.380 e. The van der Waals surface area contributed by atoms with Gasteiger partial charge in [0, 0.05) is 26.7 Å². The standard InChI is InChI=1S/C13H19FN2O3S/c1-15-8-10-3-4-12(14)13(7-10)20(17,18)16-6-5-11(9-16)19-2/h3-4,7,11,15H,5-6,8-9H2,1-2H3. The van der Waals surface area contributed by atoms with Crippen LogP contribution in [-0.2, 0) is 21.3 Å². The van der Waals surface area contributed by atoms with E-state index in [4.69, 9.17) is 4.74 Å². The molecule has 0 bridgehead atoms. The number of nitrogens with one attached hydrogen (secondary N) is 1.